The zero-order valence-corrected chi connectivity index (χ0v) is 13.6. The van der Waals surface area contributed by atoms with E-state index in [1.807, 2.05) is 0 Å². The average Bonchev–Trinajstić information content (AvgIpc) is 3.02. The molecular formula is C17H12ClN5O2. The maximum atomic E-state index is 12.5. The number of H-pyrrole nitrogens is 1. The van der Waals surface area contributed by atoms with E-state index in [1.54, 1.807) is 53.2 Å². The zero-order valence-electron chi connectivity index (χ0n) is 12.9. The Bertz CT molecular complexity index is 1160. The molecule has 0 aliphatic carbocycles. The van der Waals surface area contributed by atoms with Crippen molar-refractivity contribution in [3.05, 3.63) is 75.6 Å². The molecule has 0 spiro atoms. The lowest BCUT2D eigenvalue weighted by Gasteiger charge is -2.05. The fraction of sp³-hybridized carbons (Fsp3) is 0.0588. The van der Waals surface area contributed by atoms with Gasteiger partial charge >= 0.3 is 0 Å². The Hall–Kier alpha value is -3.19. The number of hydrogen-bond donors (Lipinski definition) is 2. The highest BCUT2D eigenvalue weighted by Gasteiger charge is 2.14. The van der Waals surface area contributed by atoms with Crippen LogP contribution in [-0.4, -0.2) is 25.5 Å². The maximum absolute atomic E-state index is 12.5. The molecule has 2 N–H and O–H groups in total. The number of fused-ring (bicyclic) bond motifs is 2. The molecule has 1 aromatic carbocycles. The van der Waals surface area contributed by atoms with Gasteiger partial charge in [0, 0.05) is 17.8 Å². The molecule has 7 nitrogen and oxygen atoms in total. The van der Waals surface area contributed by atoms with Crippen LogP contribution in [-0.2, 0) is 6.54 Å². The summed E-state index contributed by atoms with van der Waals surface area (Å²) in [5.74, 6) is -0.387. The molecule has 0 aliphatic heterocycles. The van der Waals surface area contributed by atoms with Gasteiger partial charge in [0.2, 0.25) is 0 Å². The van der Waals surface area contributed by atoms with Gasteiger partial charge in [-0.2, -0.15) is 5.10 Å². The SMILES string of the molecule is O=C(NCc1cn2cc(Cl)ccc2n1)c1n[nH]c(=O)c2ccccc12. The fourth-order valence-corrected chi connectivity index (χ4v) is 2.81. The lowest BCUT2D eigenvalue weighted by atomic mass is 10.1. The van der Waals surface area contributed by atoms with Crippen molar-refractivity contribution >= 4 is 33.9 Å². The number of halogens is 1. The van der Waals surface area contributed by atoms with Crippen LogP contribution < -0.4 is 10.9 Å². The van der Waals surface area contributed by atoms with E-state index in [4.69, 9.17) is 11.6 Å². The molecule has 4 aromatic rings. The van der Waals surface area contributed by atoms with E-state index in [0.29, 0.717) is 21.5 Å². The first-order valence-corrected chi connectivity index (χ1v) is 7.88. The smallest absolute Gasteiger partial charge is 0.272 e. The second-order valence-corrected chi connectivity index (χ2v) is 5.91. The first kappa shape index (κ1) is 15.3. The molecule has 0 aliphatic rings. The second kappa shape index (κ2) is 6.03. The average molecular weight is 354 g/mol. The van der Waals surface area contributed by atoms with Crippen LogP contribution in [0.5, 0.6) is 0 Å². The lowest BCUT2D eigenvalue weighted by Crippen LogP contribution is -2.26. The summed E-state index contributed by atoms with van der Waals surface area (Å²) in [7, 11) is 0. The molecule has 0 fully saturated rings. The summed E-state index contributed by atoms with van der Waals surface area (Å²) < 4.78 is 1.79. The predicted octanol–water partition coefficient (Wildman–Crippen LogP) is 2.15. The van der Waals surface area contributed by atoms with Crippen molar-refractivity contribution in [3.63, 3.8) is 0 Å². The van der Waals surface area contributed by atoms with Crippen LogP contribution in [0.25, 0.3) is 16.4 Å². The number of pyridine rings is 1. The Kier molecular flexibility index (Phi) is 3.70. The summed E-state index contributed by atoms with van der Waals surface area (Å²) in [4.78, 5) is 28.7. The van der Waals surface area contributed by atoms with Gasteiger partial charge in [-0.05, 0) is 18.2 Å². The van der Waals surface area contributed by atoms with Crippen LogP contribution in [0.1, 0.15) is 16.2 Å². The van der Waals surface area contributed by atoms with Crippen LogP contribution in [0, 0.1) is 0 Å². The molecule has 3 heterocycles. The van der Waals surface area contributed by atoms with Crippen molar-refractivity contribution in [2.75, 3.05) is 0 Å². The van der Waals surface area contributed by atoms with Gasteiger partial charge in [0.15, 0.2) is 5.69 Å². The Morgan fingerprint density at radius 3 is 2.80 bits per heavy atom. The molecule has 0 atom stereocenters. The van der Waals surface area contributed by atoms with Crippen molar-refractivity contribution in [3.8, 4) is 0 Å². The first-order chi connectivity index (χ1) is 12.1. The Balaban J connectivity index is 1.60. The monoisotopic (exact) mass is 353 g/mol. The molecule has 4 rings (SSSR count). The maximum Gasteiger partial charge on any atom is 0.272 e. The van der Waals surface area contributed by atoms with E-state index in [2.05, 4.69) is 20.5 Å². The summed E-state index contributed by atoms with van der Waals surface area (Å²) in [6, 6.07) is 10.4. The minimum absolute atomic E-state index is 0.169. The number of nitrogens with one attached hydrogen (secondary N) is 2. The van der Waals surface area contributed by atoms with E-state index in [9.17, 15) is 9.59 Å². The van der Waals surface area contributed by atoms with Gasteiger partial charge in [-0.3, -0.25) is 9.59 Å². The van der Waals surface area contributed by atoms with Gasteiger partial charge in [-0.25, -0.2) is 10.1 Å². The molecule has 0 bridgehead atoms. The van der Waals surface area contributed by atoms with Crippen molar-refractivity contribution in [2.45, 2.75) is 6.54 Å². The molecule has 124 valence electrons. The van der Waals surface area contributed by atoms with Crippen molar-refractivity contribution in [2.24, 2.45) is 0 Å². The largest absolute Gasteiger partial charge is 0.345 e. The minimum atomic E-state index is -0.387. The highest BCUT2D eigenvalue weighted by atomic mass is 35.5. The van der Waals surface area contributed by atoms with E-state index in [1.165, 1.54) is 0 Å². The topological polar surface area (TPSA) is 92.2 Å². The lowest BCUT2D eigenvalue weighted by molar-refractivity contribution is 0.0946. The quantitative estimate of drug-likeness (QED) is 0.590. The van der Waals surface area contributed by atoms with E-state index in [0.717, 1.165) is 5.65 Å². The van der Waals surface area contributed by atoms with Gasteiger partial charge in [0.1, 0.15) is 5.65 Å². The Morgan fingerprint density at radius 2 is 1.96 bits per heavy atom. The van der Waals surface area contributed by atoms with Gasteiger partial charge in [0.25, 0.3) is 11.5 Å². The molecule has 1 amide bonds. The van der Waals surface area contributed by atoms with E-state index >= 15 is 0 Å². The second-order valence-electron chi connectivity index (χ2n) is 5.47. The summed E-state index contributed by atoms with van der Waals surface area (Å²) >= 11 is 5.95. The van der Waals surface area contributed by atoms with Gasteiger partial charge in [-0.1, -0.05) is 29.8 Å². The third-order valence-electron chi connectivity index (χ3n) is 3.81. The van der Waals surface area contributed by atoms with Crippen molar-refractivity contribution in [1.82, 2.24) is 24.9 Å². The number of nitrogens with zero attached hydrogens (tertiary/aromatic N) is 3. The fourth-order valence-electron chi connectivity index (χ4n) is 2.64. The highest BCUT2D eigenvalue weighted by molar-refractivity contribution is 6.30. The van der Waals surface area contributed by atoms with Crippen molar-refractivity contribution < 1.29 is 4.79 Å². The molecule has 0 radical (unpaired) electrons. The first-order valence-electron chi connectivity index (χ1n) is 7.50. The number of imidazole rings is 1. The molecule has 0 saturated heterocycles. The highest BCUT2D eigenvalue weighted by Crippen LogP contribution is 2.13. The van der Waals surface area contributed by atoms with Crippen LogP contribution in [0.4, 0.5) is 0 Å². The number of amides is 1. The van der Waals surface area contributed by atoms with Crippen LogP contribution >= 0.6 is 11.6 Å². The third-order valence-corrected chi connectivity index (χ3v) is 4.03. The standard InChI is InChI=1S/C17H12ClN5O2/c18-10-5-6-14-20-11(9-23(14)8-10)7-19-17(25)15-12-3-1-2-4-13(12)16(24)22-21-15/h1-6,8-9H,7H2,(H,19,25)(H,22,24). The predicted molar refractivity (Wildman–Crippen MR) is 93.7 cm³/mol. The van der Waals surface area contributed by atoms with Crippen LogP contribution in [0.15, 0.2) is 53.6 Å². The summed E-state index contributed by atoms with van der Waals surface area (Å²) in [5.41, 5.74) is 1.26. The van der Waals surface area contributed by atoms with Gasteiger partial charge in [-0.15, -0.1) is 0 Å². The number of carbonyl (C=O) groups is 1. The number of benzene rings is 1. The van der Waals surface area contributed by atoms with Gasteiger partial charge < -0.3 is 9.72 Å². The summed E-state index contributed by atoms with van der Waals surface area (Å²) in [6.45, 7) is 0.229. The molecule has 0 unspecified atom stereocenters. The Labute approximate surface area is 146 Å². The number of carbonyl (C=O) groups excluding carboxylic acids is 1. The zero-order chi connectivity index (χ0) is 17.4. The number of aromatic amines is 1. The van der Waals surface area contributed by atoms with Crippen molar-refractivity contribution in [1.29, 1.82) is 0 Å². The van der Waals surface area contributed by atoms with Crippen LogP contribution in [0.3, 0.4) is 0 Å². The van der Waals surface area contributed by atoms with E-state index < -0.39 is 0 Å². The molecule has 3 aromatic heterocycles. The molecule has 25 heavy (non-hydrogen) atoms. The Morgan fingerprint density at radius 1 is 1.16 bits per heavy atom. The number of aromatic nitrogens is 4. The summed E-state index contributed by atoms with van der Waals surface area (Å²) in [6.07, 6.45) is 3.53. The van der Waals surface area contributed by atoms with Gasteiger partial charge in [0.05, 0.1) is 22.6 Å². The summed E-state index contributed by atoms with van der Waals surface area (Å²) in [5, 5.41) is 10.5. The molecular weight excluding hydrogens is 342 g/mol. The molecule has 8 heteroatoms. The number of hydrogen-bond acceptors (Lipinski definition) is 4. The third kappa shape index (κ3) is 2.85. The normalized spacial score (nSPS) is 11.1. The number of rotatable bonds is 3. The van der Waals surface area contributed by atoms with Crippen LogP contribution in [0.2, 0.25) is 5.02 Å². The minimum Gasteiger partial charge on any atom is -0.345 e. The van der Waals surface area contributed by atoms with E-state index in [-0.39, 0.29) is 23.7 Å². The molecule has 0 saturated carbocycles.